The van der Waals surface area contributed by atoms with Crippen molar-refractivity contribution in [3.8, 4) is 0 Å². The van der Waals surface area contributed by atoms with E-state index in [-0.39, 0.29) is 0 Å². The van der Waals surface area contributed by atoms with Gasteiger partial charge in [-0.05, 0) is 33.0 Å². The smallest absolute Gasteiger partial charge is 0.0692 e. The molecule has 0 aliphatic rings. The maximum Gasteiger partial charge on any atom is 0.0692 e. The number of hydrogen-bond acceptors (Lipinski definition) is 2. The van der Waals surface area contributed by atoms with Gasteiger partial charge in [0.05, 0.1) is 12.2 Å². The van der Waals surface area contributed by atoms with E-state index in [0.717, 1.165) is 23.5 Å². The molecule has 0 radical (unpaired) electrons. The van der Waals surface area contributed by atoms with Crippen LogP contribution in [0, 0.1) is 13.8 Å². The Morgan fingerprint density at radius 1 is 1.16 bits per heavy atom. The van der Waals surface area contributed by atoms with Crippen LogP contribution in [0.5, 0.6) is 0 Å². The Bertz CT molecular complexity index is 570. The maximum atomic E-state index is 6.20. The molecule has 102 valence electrons. The predicted octanol–water partition coefficient (Wildman–Crippen LogP) is 3.57. The van der Waals surface area contributed by atoms with Crippen LogP contribution in [0.3, 0.4) is 0 Å². The van der Waals surface area contributed by atoms with E-state index in [0.29, 0.717) is 16.6 Å². The van der Waals surface area contributed by atoms with Gasteiger partial charge < -0.3 is 5.32 Å². The van der Waals surface area contributed by atoms with E-state index in [1.165, 1.54) is 5.56 Å². The lowest BCUT2D eigenvalue weighted by Crippen LogP contribution is -2.08. The normalized spacial score (nSPS) is 11.0. The summed E-state index contributed by atoms with van der Waals surface area (Å²) in [6.07, 6.45) is 0. The van der Waals surface area contributed by atoms with Gasteiger partial charge in [0.2, 0.25) is 0 Å². The molecule has 0 saturated carbocycles. The molecule has 0 amide bonds. The van der Waals surface area contributed by atoms with Crippen LogP contribution in [0.15, 0.2) is 18.2 Å². The lowest BCUT2D eigenvalue weighted by molar-refractivity contribution is 0.657. The zero-order valence-corrected chi connectivity index (χ0v) is 12.8. The quantitative estimate of drug-likeness (QED) is 0.935. The summed E-state index contributed by atoms with van der Waals surface area (Å²) < 4.78 is 1.95. The van der Waals surface area contributed by atoms with E-state index in [9.17, 15) is 0 Å². The highest BCUT2D eigenvalue weighted by atomic mass is 35.5. The summed E-state index contributed by atoms with van der Waals surface area (Å²) in [5.41, 5.74) is 4.32. The Labute approximate surface area is 123 Å². The summed E-state index contributed by atoms with van der Waals surface area (Å²) in [4.78, 5) is 0. The summed E-state index contributed by atoms with van der Waals surface area (Å²) in [7, 11) is 1.93. The second kappa shape index (κ2) is 5.95. The topological polar surface area (TPSA) is 29.9 Å². The number of aryl methyl sites for hydroxylation is 1. The van der Waals surface area contributed by atoms with Crippen LogP contribution in [-0.4, -0.2) is 16.8 Å². The summed E-state index contributed by atoms with van der Waals surface area (Å²) in [6.45, 7) is 5.49. The van der Waals surface area contributed by atoms with E-state index in [2.05, 4.69) is 17.3 Å². The summed E-state index contributed by atoms with van der Waals surface area (Å²) in [6, 6.07) is 5.55. The van der Waals surface area contributed by atoms with Crippen LogP contribution in [0.4, 0.5) is 0 Å². The third-order valence-electron chi connectivity index (χ3n) is 3.25. The predicted molar refractivity (Wildman–Crippen MR) is 80.0 cm³/mol. The number of halogens is 2. The summed E-state index contributed by atoms with van der Waals surface area (Å²) in [5.74, 6) is 0. The van der Waals surface area contributed by atoms with Crippen molar-refractivity contribution in [2.75, 3.05) is 7.05 Å². The summed E-state index contributed by atoms with van der Waals surface area (Å²) in [5, 5.41) is 9.08. The molecule has 1 heterocycles. The van der Waals surface area contributed by atoms with E-state index in [4.69, 9.17) is 23.2 Å². The van der Waals surface area contributed by atoms with Gasteiger partial charge in [-0.2, -0.15) is 5.10 Å². The second-order valence-electron chi connectivity index (χ2n) is 4.54. The van der Waals surface area contributed by atoms with Crippen molar-refractivity contribution >= 4 is 23.2 Å². The molecule has 0 bridgehead atoms. The molecular formula is C14H17Cl2N3. The molecule has 0 aliphatic heterocycles. The molecule has 0 aliphatic carbocycles. The molecule has 2 rings (SSSR count). The molecule has 0 unspecified atom stereocenters. The fraction of sp³-hybridized carbons (Fsp3) is 0.357. The van der Waals surface area contributed by atoms with Gasteiger partial charge in [0, 0.05) is 33.4 Å². The van der Waals surface area contributed by atoms with Gasteiger partial charge in [0.15, 0.2) is 0 Å². The molecule has 3 nitrogen and oxygen atoms in total. The largest absolute Gasteiger partial charge is 0.316 e. The lowest BCUT2D eigenvalue weighted by Gasteiger charge is -2.09. The maximum absolute atomic E-state index is 6.20. The van der Waals surface area contributed by atoms with Gasteiger partial charge in [0.25, 0.3) is 0 Å². The second-order valence-corrected chi connectivity index (χ2v) is 5.35. The molecule has 19 heavy (non-hydrogen) atoms. The van der Waals surface area contributed by atoms with Crippen LogP contribution in [0.25, 0.3) is 0 Å². The highest BCUT2D eigenvalue weighted by Gasteiger charge is 2.13. The lowest BCUT2D eigenvalue weighted by atomic mass is 10.2. The Kier molecular flexibility index (Phi) is 4.50. The van der Waals surface area contributed by atoms with E-state index in [1.807, 2.05) is 36.9 Å². The number of rotatable bonds is 4. The zero-order valence-electron chi connectivity index (χ0n) is 11.3. The fourth-order valence-corrected chi connectivity index (χ4v) is 2.67. The molecule has 1 aromatic heterocycles. The van der Waals surface area contributed by atoms with E-state index < -0.39 is 0 Å². The molecule has 0 atom stereocenters. The highest BCUT2D eigenvalue weighted by molar-refractivity contribution is 6.35. The minimum absolute atomic E-state index is 0.592. The van der Waals surface area contributed by atoms with Gasteiger partial charge in [-0.3, -0.25) is 4.68 Å². The molecule has 5 heteroatoms. The minimum atomic E-state index is 0.592. The van der Waals surface area contributed by atoms with Crippen LogP contribution in [-0.2, 0) is 13.1 Å². The van der Waals surface area contributed by atoms with Crippen LogP contribution < -0.4 is 5.32 Å². The SMILES string of the molecule is CNCc1c(C)nn(Cc2c(Cl)cccc2Cl)c1C. The Balaban J connectivity index is 2.36. The van der Waals surface area contributed by atoms with Gasteiger partial charge in [-0.15, -0.1) is 0 Å². The third-order valence-corrected chi connectivity index (χ3v) is 3.96. The number of nitrogens with one attached hydrogen (secondary N) is 1. The Morgan fingerprint density at radius 2 is 1.79 bits per heavy atom. The first kappa shape index (κ1) is 14.4. The van der Waals surface area contributed by atoms with Crippen LogP contribution in [0.1, 0.15) is 22.5 Å². The molecule has 0 saturated heterocycles. The molecule has 1 N–H and O–H groups in total. The molecule has 2 aromatic rings. The minimum Gasteiger partial charge on any atom is -0.316 e. The fourth-order valence-electron chi connectivity index (χ4n) is 2.15. The van der Waals surface area contributed by atoms with Crippen molar-refractivity contribution in [1.29, 1.82) is 0 Å². The van der Waals surface area contributed by atoms with Gasteiger partial charge >= 0.3 is 0 Å². The third kappa shape index (κ3) is 2.94. The average Bonchev–Trinajstić information content (AvgIpc) is 2.62. The van der Waals surface area contributed by atoms with Crippen molar-refractivity contribution in [2.24, 2.45) is 0 Å². The molecular weight excluding hydrogens is 281 g/mol. The Morgan fingerprint density at radius 3 is 2.37 bits per heavy atom. The van der Waals surface area contributed by atoms with Crippen molar-refractivity contribution in [1.82, 2.24) is 15.1 Å². The van der Waals surface area contributed by atoms with Gasteiger partial charge in [-0.25, -0.2) is 0 Å². The van der Waals surface area contributed by atoms with Gasteiger partial charge in [-0.1, -0.05) is 29.3 Å². The van der Waals surface area contributed by atoms with Crippen molar-refractivity contribution in [3.05, 3.63) is 50.8 Å². The van der Waals surface area contributed by atoms with E-state index in [1.54, 1.807) is 0 Å². The van der Waals surface area contributed by atoms with E-state index >= 15 is 0 Å². The van der Waals surface area contributed by atoms with Crippen molar-refractivity contribution in [2.45, 2.75) is 26.9 Å². The number of nitrogens with zero attached hydrogens (tertiary/aromatic N) is 2. The monoisotopic (exact) mass is 297 g/mol. The molecule has 0 fully saturated rings. The highest BCUT2D eigenvalue weighted by Crippen LogP contribution is 2.26. The first-order chi connectivity index (χ1) is 9.04. The summed E-state index contributed by atoms with van der Waals surface area (Å²) >= 11 is 12.4. The first-order valence-electron chi connectivity index (χ1n) is 6.15. The Hall–Kier alpha value is -1.03. The zero-order chi connectivity index (χ0) is 14.0. The van der Waals surface area contributed by atoms with Gasteiger partial charge in [0.1, 0.15) is 0 Å². The first-order valence-corrected chi connectivity index (χ1v) is 6.90. The van der Waals surface area contributed by atoms with Crippen molar-refractivity contribution < 1.29 is 0 Å². The van der Waals surface area contributed by atoms with Crippen molar-refractivity contribution in [3.63, 3.8) is 0 Å². The molecule has 1 aromatic carbocycles. The molecule has 0 spiro atoms. The average molecular weight is 298 g/mol. The van der Waals surface area contributed by atoms with Crippen LogP contribution in [0.2, 0.25) is 10.0 Å². The van der Waals surface area contributed by atoms with Crippen LogP contribution >= 0.6 is 23.2 Å². The number of hydrogen-bond donors (Lipinski definition) is 1. The standard InChI is InChI=1S/C14H17Cl2N3/c1-9-11(7-17-3)10(2)19(18-9)8-12-13(15)5-4-6-14(12)16/h4-6,17H,7-8H2,1-3H3. The number of benzene rings is 1. The number of aromatic nitrogens is 2.